The van der Waals surface area contributed by atoms with E-state index in [1.54, 1.807) is 6.07 Å². The van der Waals surface area contributed by atoms with Gasteiger partial charge in [0.25, 0.3) is 5.82 Å². The highest BCUT2D eigenvalue weighted by Gasteiger charge is 2.38. The summed E-state index contributed by atoms with van der Waals surface area (Å²) < 4.78 is 44.4. The Labute approximate surface area is 145 Å². The number of rotatable bonds is 4. The average molecular weight is 421 g/mol. The molecule has 0 spiro atoms. The van der Waals surface area contributed by atoms with Crippen LogP contribution in [0.5, 0.6) is 0 Å². The zero-order valence-electron chi connectivity index (χ0n) is 11.7. The Morgan fingerprint density at radius 1 is 1.17 bits per heavy atom. The molecule has 0 fully saturated rings. The van der Waals surface area contributed by atoms with Crippen molar-refractivity contribution in [3.8, 4) is 11.5 Å². The Balaban J connectivity index is 1.73. The highest BCUT2D eigenvalue weighted by molar-refractivity contribution is 9.10. The van der Waals surface area contributed by atoms with Crippen LogP contribution >= 0.6 is 27.7 Å². The summed E-state index contributed by atoms with van der Waals surface area (Å²) in [5, 5.41) is 14.1. The fraction of sp³-hybridized carbons (Fsp3) is 0.167. The minimum absolute atomic E-state index is 0.102. The second-order valence-electron chi connectivity index (χ2n) is 4.44. The SMILES string of the molecule is Nn1c(SCc2nnc(-c3ccccc3Br)o2)nnc1C(F)(F)F. The smallest absolute Gasteiger partial charge is 0.420 e. The van der Waals surface area contributed by atoms with Crippen LogP contribution in [0.1, 0.15) is 11.7 Å². The summed E-state index contributed by atoms with van der Waals surface area (Å²) in [6.45, 7) is 0. The number of benzene rings is 1. The van der Waals surface area contributed by atoms with Gasteiger partial charge in [-0.15, -0.1) is 20.4 Å². The summed E-state index contributed by atoms with van der Waals surface area (Å²) in [5.41, 5.74) is 0.711. The molecule has 2 heterocycles. The lowest BCUT2D eigenvalue weighted by Crippen LogP contribution is -2.21. The fourth-order valence-electron chi connectivity index (χ4n) is 1.75. The Morgan fingerprint density at radius 2 is 1.92 bits per heavy atom. The summed E-state index contributed by atoms with van der Waals surface area (Å²) in [6.07, 6.45) is -4.67. The molecule has 0 saturated heterocycles. The molecular formula is C12H8BrF3N6OS. The molecule has 0 radical (unpaired) electrons. The molecule has 126 valence electrons. The molecule has 24 heavy (non-hydrogen) atoms. The number of hydrogen-bond donors (Lipinski definition) is 1. The zero-order chi connectivity index (χ0) is 17.3. The molecule has 0 amide bonds. The fourth-order valence-corrected chi connectivity index (χ4v) is 2.90. The van der Waals surface area contributed by atoms with Crippen molar-refractivity contribution in [3.05, 3.63) is 40.5 Å². The summed E-state index contributed by atoms with van der Waals surface area (Å²) in [7, 11) is 0. The molecule has 3 aromatic rings. The topological polar surface area (TPSA) is 95.7 Å². The molecule has 0 saturated carbocycles. The van der Waals surface area contributed by atoms with Crippen molar-refractivity contribution in [1.29, 1.82) is 0 Å². The quantitative estimate of drug-likeness (QED) is 0.511. The van der Waals surface area contributed by atoms with E-state index in [1.165, 1.54) is 0 Å². The van der Waals surface area contributed by atoms with Crippen LogP contribution in [-0.2, 0) is 11.9 Å². The third-order valence-corrected chi connectivity index (χ3v) is 4.43. The van der Waals surface area contributed by atoms with Crippen molar-refractivity contribution < 1.29 is 17.6 Å². The lowest BCUT2D eigenvalue weighted by molar-refractivity contribution is -0.146. The van der Waals surface area contributed by atoms with Crippen LogP contribution in [0.2, 0.25) is 0 Å². The van der Waals surface area contributed by atoms with Crippen molar-refractivity contribution in [2.75, 3.05) is 5.84 Å². The van der Waals surface area contributed by atoms with Gasteiger partial charge in [-0.3, -0.25) is 0 Å². The molecule has 0 aliphatic rings. The zero-order valence-corrected chi connectivity index (χ0v) is 14.1. The van der Waals surface area contributed by atoms with E-state index in [-0.39, 0.29) is 16.8 Å². The lowest BCUT2D eigenvalue weighted by atomic mass is 10.2. The first-order chi connectivity index (χ1) is 11.4. The maximum atomic E-state index is 12.6. The number of nitrogens with two attached hydrogens (primary N) is 1. The number of halogens is 4. The van der Waals surface area contributed by atoms with Crippen LogP contribution < -0.4 is 5.84 Å². The summed E-state index contributed by atoms with van der Waals surface area (Å²) in [6, 6.07) is 7.27. The average Bonchev–Trinajstić information content (AvgIpc) is 3.12. The predicted octanol–water partition coefficient (Wildman–Crippen LogP) is 3.12. The van der Waals surface area contributed by atoms with Gasteiger partial charge < -0.3 is 10.3 Å². The van der Waals surface area contributed by atoms with Gasteiger partial charge in [0.15, 0.2) is 0 Å². The van der Waals surface area contributed by atoms with E-state index < -0.39 is 12.0 Å². The number of hydrogen-bond acceptors (Lipinski definition) is 7. The van der Waals surface area contributed by atoms with Gasteiger partial charge in [0, 0.05) is 4.47 Å². The Kier molecular flexibility index (Phi) is 4.49. The van der Waals surface area contributed by atoms with Crippen molar-refractivity contribution in [2.45, 2.75) is 17.1 Å². The summed E-state index contributed by atoms with van der Waals surface area (Å²) in [5.74, 6) is 4.69. The molecule has 7 nitrogen and oxygen atoms in total. The van der Waals surface area contributed by atoms with Crippen LogP contribution in [0.25, 0.3) is 11.5 Å². The van der Waals surface area contributed by atoms with Crippen molar-refractivity contribution in [2.24, 2.45) is 0 Å². The van der Waals surface area contributed by atoms with Crippen LogP contribution in [0, 0.1) is 0 Å². The van der Waals surface area contributed by atoms with Crippen LogP contribution in [-0.4, -0.2) is 25.1 Å². The maximum Gasteiger partial charge on any atom is 0.453 e. The highest BCUT2D eigenvalue weighted by Crippen LogP contribution is 2.31. The molecule has 0 aliphatic heterocycles. The first-order valence-corrected chi connectivity index (χ1v) is 8.12. The molecule has 0 bridgehead atoms. The van der Waals surface area contributed by atoms with Crippen LogP contribution in [0.15, 0.2) is 38.3 Å². The molecule has 3 rings (SSSR count). The van der Waals surface area contributed by atoms with E-state index in [1.807, 2.05) is 18.2 Å². The standard InChI is InChI=1S/C12H8BrF3N6OS/c13-7-4-2-1-3-6(7)9-19-18-8(23-9)5-24-11-21-20-10(22(11)17)12(14,15)16/h1-4H,5,17H2. The van der Waals surface area contributed by atoms with Crippen molar-refractivity contribution in [1.82, 2.24) is 25.1 Å². The first-order valence-electron chi connectivity index (χ1n) is 6.34. The third kappa shape index (κ3) is 3.38. The minimum Gasteiger partial charge on any atom is -0.420 e. The maximum absolute atomic E-state index is 12.6. The van der Waals surface area contributed by atoms with Gasteiger partial charge in [-0.05, 0) is 28.1 Å². The Hall–Kier alpha value is -2.08. The molecule has 0 aliphatic carbocycles. The van der Waals surface area contributed by atoms with Gasteiger partial charge in [0.1, 0.15) is 0 Å². The number of aromatic nitrogens is 5. The van der Waals surface area contributed by atoms with E-state index in [0.717, 1.165) is 16.2 Å². The second-order valence-corrected chi connectivity index (χ2v) is 6.24. The number of thioether (sulfide) groups is 1. The molecule has 0 atom stereocenters. The van der Waals surface area contributed by atoms with E-state index in [4.69, 9.17) is 10.3 Å². The largest absolute Gasteiger partial charge is 0.453 e. The van der Waals surface area contributed by atoms with E-state index in [9.17, 15) is 13.2 Å². The van der Waals surface area contributed by atoms with Gasteiger partial charge in [-0.1, -0.05) is 23.9 Å². The monoisotopic (exact) mass is 420 g/mol. The minimum atomic E-state index is -4.67. The normalized spacial score (nSPS) is 11.8. The van der Waals surface area contributed by atoms with E-state index >= 15 is 0 Å². The number of nitrogen functional groups attached to an aromatic ring is 1. The van der Waals surface area contributed by atoms with E-state index in [2.05, 4.69) is 36.3 Å². The molecule has 2 N–H and O–H groups in total. The van der Waals surface area contributed by atoms with Gasteiger partial charge in [0.2, 0.25) is 16.9 Å². The highest BCUT2D eigenvalue weighted by atomic mass is 79.9. The Morgan fingerprint density at radius 3 is 2.58 bits per heavy atom. The number of alkyl halides is 3. The molecule has 0 unspecified atom stereocenters. The van der Waals surface area contributed by atoms with Gasteiger partial charge in [-0.25, -0.2) is 4.68 Å². The Bertz CT molecular complexity index is 865. The summed E-state index contributed by atoms with van der Waals surface area (Å²) in [4.78, 5) is 0. The predicted molar refractivity (Wildman–Crippen MR) is 82.2 cm³/mol. The molecule has 1 aromatic carbocycles. The second kappa shape index (κ2) is 6.43. The number of nitrogens with zero attached hydrogens (tertiary/aromatic N) is 5. The van der Waals surface area contributed by atoms with Gasteiger partial charge in [-0.2, -0.15) is 13.2 Å². The third-order valence-electron chi connectivity index (χ3n) is 2.81. The van der Waals surface area contributed by atoms with Crippen molar-refractivity contribution in [3.63, 3.8) is 0 Å². The molecule has 12 heteroatoms. The molecule has 2 aromatic heterocycles. The van der Waals surface area contributed by atoms with E-state index in [0.29, 0.717) is 16.1 Å². The lowest BCUT2D eigenvalue weighted by Gasteiger charge is -2.05. The molecular weight excluding hydrogens is 413 g/mol. The van der Waals surface area contributed by atoms with Crippen LogP contribution in [0.3, 0.4) is 0 Å². The first kappa shape index (κ1) is 16.8. The van der Waals surface area contributed by atoms with Crippen LogP contribution in [0.4, 0.5) is 13.2 Å². The van der Waals surface area contributed by atoms with Gasteiger partial charge in [0.05, 0.1) is 11.3 Å². The summed E-state index contributed by atoms with van der Waals surface area (Å²) >= 11 is 4.28. The van der Waals surface area contributed by atoms with Crippen molar-refractivity contribution >= 4 is 27.7 Å². The van der Waals surface area contributed by atoms with Gasteiger partial charge >= 0.3 is 6.18 Å².